The van der Waals surface area contributed by atoms with Gasteiger partial charge in [0.25, 0.3) is 0 Å². The number of carbonyl (C=O) groups is 1. The Bertz CT molecular complexity index is 838. The van der Waals surface area contributed by atoms with Crippen LogP contribution in [0.4, 0.5) is 4.39 Å². The summed E-state index contributed by atoms with van der Waals surface area (Å²) in [5, 5.41) is 0. The Morgan fingerprint density at radius 3 is 2.44 bits per heavy atom. The number of hydrogen-bond acceptors (Lipinski definition) is 3. The Morgan fingerprint density at radius 1 is 1.08 bits per heavy atom. The molecule has 1 saturated heterocycles. The minimum Gasteiger partial charge on any atom is -0.338 e. The summed E-state index contributed by atoms with van der Waals surface area (Å²) in [4.78, 5) is 13.9. The summed E-state index contributed by atoms with van der Waals surface area (Å²) in [6, 6.07) is 14.3. The van der Waals surface area contributed by atoms with Crippen LogP contribution in [-0.2, 0) is 21.4 Å². The first-order chi connectivity index (χ1) is 11.9. The largest absolute Gasteiger partial charge is 0.338 e. The molecule has 7 heteroatoms. The van der Waals surface area contributed by atoms with Gasteiger partial charge in [0.15, 0.2) is 0 Å². The van der Waals surface area contributed by atoms with Crippen LogP contribution in [0.1, 0.15) is 12.0 Å². The molecule has 1 aliphatic heterocycles. The van der Waals surface area contributed by atoms with E-state index >= 15 is 0 Å². The molecule has 1 atom stereocenters. The molecule has 0 aliphatic carbocycles. The summed E-state index contributed by atoms with van der Waals surface area (Å²) in [6.45, 7) is 1.22. The molecule has 5 nitrogen and oxygen atoms in total. The van der Waals surface area contributed by atoms with Crippen molar-refractivity contribution in [1.82, 2.24) is 9.62 Å². The van der Waals surface area contributed by atoms with E-state index in [0.29, 0.717) is 19.5 Å². The summed E-state index contributed by atoms with van der Waals surface area (Å²) in [7, 11) is -3.70. The second-order valence-electron chi connectivity index (χ2n) is 6.14. The maximum Gasteiger partial charge on any atom is 0.240 e. The molecular formula is C18H19FN2O3S. The first-order valence-corrected chi connectivity index (χ1v) is 9.49. The lowest BCUT2D eigenvalue weighted by Crippen LogP contribution is -2.31. The van der Waals surface area contributed by atoms with Gasteiger partial charge in [-0.1, -0.05) is 30.3 Å². The molecule has 1 fully saturated rings. The monoisotopic (exact) mass is 362 g/mol. The number of benzene rings is 2. The van der Waals surface area contributed by atoms with Crippen LogP contribution in [0.3, 0.4) is 0 Å². The number of nitrogens with zero attached hydrogens (tertiary/aromatic N) is 1. The van der Waals surface area contributed by atoms with E-state index < -0.39 is 15.8 Å². The van der Waals surface area contributed by atoms with Crippen molar-refractivity contribution in [2.45, 2.75) is 17.9 Å². The highest BCUT2D eigenvalue weighted by atomic mass is 32.2. The lowest BCUT2D eigenvalue weighted by molar-refractivity contribution is -0.128. The fourth-order valence-corrected chi connectivity index (χ4v) is 3.99. The number of halogens is 1. The molecular weight excluding hydrogens is 343 g/mol. The van der Waals surface area contributed by atoms with Gasteiger partial charge in [-0.25, -0.2) is 17.5 Å². The van der Waals surface area contributed by atoms with E-state index in [1.807, 2.05) is 30.3 Å². The molecule has 1 amide bonds. The first kappa shape index (κ1) is 17.6. The van der Waals surface area contributed by atoms with Gasteiger partial charge in [-0.15, -0.1) is 0 Å². The molecule has 132 valence electrons. The molecule has 25 heavy (non-hydrogen) atoms. The smallest absolute Gasteiger partial charge is 0.240 e. The lowest BCUT2D eigenvalue weighted by atomic mass is 10.1. The molecule has 3 rings (SSSR count). The Balaban J connectivity index is 1.57. The molecule has 0 radical (unpaired) electrons. The van der Waals surface area contributed by atoms with Crippen LogP contribution in [0, 0.1) is 11.7 Å². The highest BCUT2D eigenvalue weighted by molar-refractivity contribution is 7.89. The number of amides is 1. The number of hydrogen-bond donors (Lipinski definition) is 1. The molecule has 1 heterocycles. The Morgan fingerprint density at radius 2 is 1.76 bits per heavy atom. The molecule has 1 aliphatic rings. The zero-order valence-corrected chi connectivity index (χ0v) is 14.4. The third-order valence-electron chi connectivity index (χ3n) is 4.20. The average molecular weight is 362 g/mol. The highest BCUT2D eigenvalue weighted by Crippen LogP contribution is 2.20. The van der Waals surface area contributed by atoms with E-state index in [0.717, 1.165) is 17.7 Å². The third-order valence-corrected chi connectivity index (χ3v) is 5.64. The molecule has 0 aromatic heterocycles. The summed E-state index contributed by atoms with van der Waals surface area (Å²) in [6.07, 6.45) is 0.318. The van der Waals surface area contributed by atoms with E-state index in [-0.39, 0.29) is 23.3 Å². The van der Waals surface area contributed by atoms with Gasteiger partial charge < -0.3 is 4.90 Å². The minimum absolute atomic E-state index is 0.0133. The fourth-order valence-electron chi connectivity index (χ4n) is 2.87. The summed E-state index contributed by atoms with van der Waals surface area (Å²) in [5.74, 6) is -0.543. The molecule has 2 aromatic carbocycles. The van der Waals surface area contributed by atoms with Crippen LogP contribution in [0.2, 0.25) is 0 Å². The van der Waals surface area contributed by atoms with Gasteiger partial charge in [0.05, 0.1) is 4.90 Å². The molecule has 2 aromatic rings. The predicted octanol–water partition coefficient (Wildman–Crippen LogP) is 2.15. The lowest BCUT2D eigenvalue weighted by Gasteiger charge is -2.17. The quantitative estimate of drug-likeness (QED) is 0.856. The highest BCUT2D eigenvalue weighted by Gasteiger charge is 2.30. The minimum atomic E-state index is -3.70. The van der Waals surface area contributed by atoms with Gasteiger partial charge in [-0.05, 0) is 35.7 Å². The summed E-state index contributed by atoms with van der Waals surface area (Å²) >= 11 is 0. The van der Waals surface area contributed by atoms with Gasteiger partial charge >= 0.3 is 0 Å². The SMILES string of the molecule is O=C1CC(CNS(=O)(=O)c2ccc(F)cc2)CN1Cc1ccccc1. The third kappa shape index (κ3) is 4.43. The number of nitrogens with one attached hydrogen (secondary N) is 1. The normalized spacial score (nSPS) is 17.9. The van der Waals surface area contributed by atoms with E-state index in [1.54, 1.807) is 4.90 Å². The molecule has 1 N–H and O–H groups in total. The number of likely N-dealkylation sites (tertiary alicyclic amines) is 1. The van der Waals surface area contributed by atoms with Crippen LogP contribution in [0.5, 0.6) is 0 Å². The van der Waals surface area contributed by atoms with Crippen molar-refractivity contribution in [3.8, 4) is 0 Å². The fraction of sp³-hybridized carbons (Fsp3) is 0.278. The van der Waals surface area contributed by atoms with Crippen molar-refractivity contribution >= 4 is 15.9 Å². The molecule has 1 unspecified atom stereocenters. The van der Waals surface area contributed by atoms with E-state index in [9.17, 15) is 17.6 Å². The summed E-state index contributed by atoms with van der Waals surface area (Å²) in [5.41, 5.74) is 1.04. The standard InChI is InChI=1S/C18H19FN2O3S/c19-16-6-8-17(9-7-16)25(23,24)20-11-15-10-18(22)21(13-15)12-14-4-2-1-3-5-14/h1-9,15,20H,10-13H2. The molecule has 0 spiro atoms. The van der Waals surface area contributed by atoms with Crippen molar-refractivity contribution in [3.63, 3.8) is 0 Å². The van der Waals surface area contributed by atoms with Crippen LogP contribution < -0.4 is 4.72 Å². The van der Waals surface area contributed by atoms with Gasteiger partial charge in [0.1, 0.15) is 5.82 Å². The van der Waals surface area contributed by atoms with Crippen molar-refractivity contribution < 1.29 is 17.6 Å². The Hall–Kier alpha value is -2.25. The van der Waals surface area contributed by atoms with Crippen molar-refractivity contribution in [2.75, 3.05) is 13.1 Å². The van der Waals surface area contributed by atoms with Gasteiger partial charge in [0, 0.05) is 26.1 Å². The van der Waals surface area contributed by atoms with Crippen molar-refractivity contribution in [3.05, 3.63) is 66.0 Å². The first-order valence-electron chi connectivity index (χ1n) is 8.01. The predicted molar refractivity (Wildman–Crippen MR) is 91.6 cm³/mol. The van der Waals surface area contributed by atoms with Gasteiger partial charge in [0.2, 0.25) is 15.9 Å². The second-order valence-corrected chi connectivity index (χ2v) is 7.90. The summed E-state index contributed by atoms with van der Waals surface area (Å²) < 4.78 is 39.9. The van der Waals surface area contributed by atoms with Crippen molar-refractivity contribution in [1.29, 1.82) is 0 Å². The maximum absolute atomic E-state index is 12.9. The van der Waals surface area contributed by atoms with Crippen LogP contribution in [0.15, 0.2) is 59.5 Å². The van der Waals surface area contributed by atoms with Gasteiger partial charge in [-0.2, -0.15) is 0 Å². The van der Waals surface area contributed by atoms with Crippen LogP contribution in [0.25, 0.3) is 0 Å². The van der Waals surface area contributed by atoms with E-state index in [2.05, 4.69) is 4.72 Å². The molecule has 0 saturated carbocycles. The zero-order valence-electron chi connectivity index (χ0n) is 13.6. The van der Waals surface area contributed by atoms with Crippen LogP contribution >= 0.6 is 0 Å². The Labute approximate surface area is 146 Å². The maximum atomic E-state index is 12.9. The topological polar surface area (TPSA) is 66.5 Å². The number of rotatable bonds is 6. The van der Waals surface area contributed by atoms with Crippen LogP contribution in [-0.4, -0.2) is 32.3 Å². The zero-order chi connectivity index (χ0) is 17.9. The number of sulfonamides is 1. The van der Waals surface area contributed by atoms with Crippen molar-refractivity contribution in [2.24, 2.45) is 5.92 Å². The number of carbonyl (C=O) groups excluding carboxylic acids is 1. The second kappa shape index (κ2) is 7.33. The van der Waals surface area contributed by atoms with Gasteiger partial charge in [-0.3, -0.25) is 4.79 Å². The average Bonchev–Trinajstić information content (AvgIpc) is 2.94. The van der Waals surface area contributed by atoms with E-state index in [1.165, 1.54) is 12.1 Å². The molecule has 0 bridgehead atoms. The van der Waals surface area contributed by atoms with E-state index in [4.69, 9.17) is 0 Å². The Kier molecular flexibility index (Phi) is 5.15.